The van der Waals surface area contributed by atoms with Gasteiger partial charge in [-0.05, 0) is 44.5 Å². The lowest BCUT2D eigenvalue weighted by Gasteiger charge is -2.07. The van der Waals surface area contributed by atoms with E-state index in [9.17, 15) is 13.6 Å². The molecule has 146 valence electrons. The number of fused-ring (bicyclic) bond motifs is 1. The van der Waals surface area contributed by atoms with Gasteiger partial charge in [-0.3, -0.25) is 4.79 Å². The number of benzene rings is 1. The van der Waals surface area contributed by atoms with E-state index in [0.29, 0.717) is 26.7 Å². The normalized spacial score (nSPS) is 11.9. The summed E-state index contributed by atoms with van der Waals surface area (Å²) >= 11 is 1.20. The van der Waals surface area contributed by atoms with Crippen LogP contribution in [0.5, 0.6) is 5.75 Å². The minimum atomic E-state index is -2.91. The Balaban J connectivity index is 1.83. The molecule has 0 aliphatic rings. The fraction of sp³-hybridized carbons (Fsp3) is 0.211. The van der Waals surface area contributed by atoms with Crippen LogP contribution >= 0.6 is 11.3 Å². The highest BCUT2D eigenvalue weighted by Gasteiger charge is 2.19. The molecule has 2 aromatic heterocycles. The third kappa shape index (κ3) is 4.09. The Hall–Kier alpha value is -3.07. The number of halogens is 2. The third-order valence-electron chi connectivity index (χ3n) is 4.03. The molecule has 0 unspecified atom stereocenters. The van der Waals surface area contributed by atoms with Gasteiger partial charge in [-0.2, -0.15) is 13.9 Å². The maximum Gasteiger partial charge on any atom is 0.387 e. The molecular formula is C19H18F2N4O2S. The van der Waals surface area contributed by atoms with Gasteiger partial charge in [-0.15, -0.1) is 11.3 Å². The number of pyridine rings is 1. The van der Waals surface area contributed by atoms with Gasteiger partial charge >= 0.3 is 6.61 Å². The zero-order chi connectivity index (χ0) is 20.4. The van der Waals surface area contributed by atoms with Gasteiger partial charge in [0.1, 0.15) is 15.5 Å². The Morgan fingerprint density at radius 1 is 1.32 bits per heavy atom. The number of alkyl halides is 2. The molecule has 2 heterocycles. The van der Waals surface area contributed by atoms with Crippen LogP contribution in [0.3, 0.4) is 0 Å². The van der Waals surface area contributed by atoms with Gasteiger partial charge in [0.2, 0.25) is 0 Å². The number of carbonyl (C=O) groups is 1. The fourth-order valence-corrected chi connectivity index (χ4v) is 3.89. The summed E-state index contributed by atoms with van der Waals surface area (Å²) in [5.74, 6) is -0.448. The smallest absolute Gasteiger partial charge is 0.387 e. The Kier molecular flexibility index (Phi) is 5.55. The van der Waals surface area contributed by atoms with Gasteiger partial charge in [-0.1, -0.05) is 12.1 Å². The summed E-state index contributed by atoms with van der Waals surface area (Å²) in [7, 11) is 0. The number of hydrazone groups is 1. The van der Waals surface area contributed by atoms with Gasteiger partial charge in [0.25, 0.3) is 5.91 Å². The Morgan fingerprint density at radius 3 is 2.79 bits per heavy atom. The van der Waals surface area contributed by atoms with Crippen LogP contribution in [0, 0.1) is 13.8 Å². The Labute approximate surface area is 164 Å². The number of nitrogen functional groups attached to an aromatic ring is 1. The predicted octanol–water partition coefficient (Wildman–Crippen LogP) is 4.25. The molecule has 3 N–H and O–H groups in total. The standard InChI is InChI=1S/C19H18F2N4O2S/c1-9-7-10(2)23-18-14(9)15(22)16(28-18)17(26)25-24-11(3)12-5-4-6-13(8-12)27-19(20)21/h4-8,19H,22H2,1-3H3,(H,25,26)/b24-11+. The number of thiophene rings is 1. The first-order chi connectivity index (χ1) is 13.3. The second kappa shape index (κ2) is 7.89. The van der Waals surface area contributed by atoms with Gasteiger partial charge in [-0.25, -0.2) is 10.4 Å². The van der Waals surface area contributed by atoms with Crippen LogP contribution in [0.1, 0.15) is 33.4 Å². The minimum Gasteiger partial charge on any atom is -0.435 e. The molecule has 1 amide bonds. The topological polar surface area (TPSA) is 89.6 Å². The first-order valence-electron chi connectivity index (χ1n) is 8.32. The minimum absolute atomic E-state index is 0.0130. The molecular weight excluding hydrogens is 386 g/mol. The summed E-state index contributed by atoms with van der Waals surface area (Å²) < 4.78 is 29.1. The fourth-order valence-electron chi connectivity index (χ4n) is 2.79. The van der Waals surface area contributed by atoms with E-state index in [1.165, 1.54) is 23.5 Å². The molecule has 0 fully saturated rings. The number of ether oxygens (including phenoxy) is 1. The van der Waals surface area contributed by atoms with Crippen molar-refractivity contribution >= 4 is 38.9 Å². The monoisotopic (exact) mass is 404 g/mol. The van der Waals surface area contributed by atoms with Gasteiger partial charge in [0.15, 0.2) is 0 Å². The van der Waals surface area contributed by atoms with E-state index in [0.717, 1.165) is 16.6 Å². The third-order valence-corrected chi connectivity index (χ3v) is 5.13. The van der Waals surface area contributed by atoms with Crippen LogP contribution in [-0.2, 0) is 0 Å². The average molecular weight is 404 g/mol. The number of nitrogens with zero attached hydrogens (tertiary/aromatic N) is 2. The molecule has 0 aliphatic heterocycles. The Morgan fingerprint density at radius 2 is 2.07 bits per heavy atom. The van der Waals surface area contributed by atoms with E-state index in [1.54, 1.807) is 19.1 Å². The molecule has 0 bridgehead atoms. The van der Waals surface area contributed by atoms with E-state index in [-0.39, 0.29) is 5.75 Å². The van der Waals surface area contributed by atoms with Crippen LogP contribution in [-0.4, -0.2) is 23.2 Å². The quantitative estimate of drug-likeness (QED) is 0.491. The first kappa shape index (κ1) is 19.7. The van der Waals surface area contributed by atoms with Gasteiger partial charge in [0.05, 0.1) is 11.4 Å². The lowest BCUT2D eigenvalue weighted by Crippen LogP contribution is -2.19. The lowest BCUT2D eigenvalue weighted by atomic mass is 10.1. The van der Waals surface area contributed by atoms with Gasteiger partial charge < -0.3 is 10.5 Å². The molecule has 0 radical (unpaired) electrons. The predicted molar refractivity (Wildman–Crippen MR) is 106 cm³/mol. The SMILES string of the molecule is C/C(=N\NC(=O)c1sc2nc(C)cc(C)c2c1N)c1cccc(OC(F)F)c1. The lowest BCUT2D eigenvalue weighted by molar-refractivity contribution is -0.0498. The first-order valence-corrected chi connectivity index (χ1v) is 9.14. The zero-order valence-electron chi connectivity index (χ0n) is 15.4. The number of nitrogens with one attached hydrogen (secondary N) is 1. The highest BCUT2D eigenvalue weighted by molar-refractivity contribution is 7.21. The van der Waals surface area contributed by atoms with Crippen LogP contribution in [0.2, 0.25) is 0 Å². The molecule has 0 atom stereocenters. The summed E-state index contributed by atoms with van der Waals surface area (Å²) in [4.78, 5) is 18.0. The molecule has 1 aromatic carbocycles. The molecule has 0 saturated heterocycles. The van der Waals surface area contributed by atoms with E-state index >= 15 is 0 Å². The molecule has 28 heavy (non-hydrogen) atoms. The second-order valence-electron chi connectivity index (χ2n) is 6.15. The molecule has 3 rings (SSSR count). The summed E-state index contributed by atoms with van der Waals surface area (Å²) in [6, 6.07) is 7.98. The second-order valence-corrected chi connectivity index (χ2v) is 7.15. The van der Waals surface area contributed by atoms with Crippen LogP contribution in [0.25, 0.3) is 10.2 Å². The van der Waals surface area contributed by atoms with Crippen molar-refractivity contribution in [1.82, 2.24) is 10.4 Å². The molecule has 0 spiro atoms. The number of anilines is 1. The van der Waals surface area contributed by atoms with Crippen molar-refractivity contribution in [2.24, 2.45) is 5.10 Å². The largest absolute Gasteiger partial charge is 0.435 e. The van der Waals surface area contributed by atoms with Crippen LogP contribution in [0.4, 0.5) is 14.5 Å². The maximum atomic E-state index is 12.5. The van der Waals surface area contributed by atoms with Crippen molar-refractivity contribution in [3.05, 3.63) is 52.0 Å². The number of aryl methyl sites for hydroxylation is 2. The number of aromatic nitrogens is 1. The number of hydrogen-bond donors (Lipinski definition) is 2. The molecule has 0 aliphatic carbocycles. The molecule has 6 nitrogen and oxygen atoms in total. The van der Waals surface area contributed by atoms with E-state index in [4.69, 9.17) is 5.73 Å². The summed E-state index contributed by atoms with van der Waals surface area (Å²) in [5.41, 5.74) is 11.7. The number of carbonyl (C=O) groups excluding carboxylic acids is 1. The zero-order valence-corrected chi connectivity index (χ0v) is 16.2. The molecule has 9 heteroatoms. The van der Waals surface area contributed by atoms with Crippen molar-refractivity contribution in [2.75, 3.05) is 5.73 Å². The highest BCUT2D eigenvalue weighted by atomic mass is 32.1. The number of nitrogens with two attached hydrogens (primary N) is 1. The summed E-state index contributed by atoms with van der Waals surface area (Å²) in [6.45, 7) is 2.52. The molecule has 3 aromatic rings. The van der Waals surface area contributed by atoms with Crippen molar-refractivity contribution < 1.29 is 18.3 Å². The van der Waals surface area contributed by atoms with Gasteiger partial charge in [0, 0.05) is 16.6 Å². The number of amides is 1. The van der Waals surface area contributed by atoms with E-state index in [2.05, 4.69) is 20.2 Å². The number of hydrogen-bond acceptors (Lipinski definition) is 6. The van der Waals surface area contributed by atoms with Crippen molar-refractivity contribution in [3.8, 4) is 5.75 Å². The summed E-state index contributed by atoms with van der Waals surface area (Å²) in [5, 5.41) is 4.81. The van der Waals surface area contributed by atoms with Crippen LogP contribution < -0.4 is 15.9 Å². The maximum absolute atomic E-state index is 12.5. The van der Waals surface area contributed by atoms with Crippen molar-refractivity contribution in [1.29, 1.82) is 0 Å². The number of rotatable bonds is 5. The highest BCUT2D eigenvalue weighted by Crippen LogP contribution is 2.34. The summed E-state index contributed by atoms with van der Waals surface area (Å²) in [6.07, 6.45) is 0. The average Bonchev–Trinajstić information content (AvgIpc) is 2.95. The Bertz CT molecular complexity index is 1080. The van der Waals surface area contributed by atoms with E-state index in [1.807, 2.05) is 19.9 Å². The molecule has 0 saturated carbocycles. The van der Waals surface area contributed by atoms with E-state index < -0.39 is 12.5 Å². The van der Waals surface area contributed by atoms with Crippen LogP contribution in [0.15, 0.2) is 35.4 Å². The van der Waals surface area contributed by atoms with Crippen molar-refractivity contribution in [2.45, 2.75) is 27.4 Å². The van der Waals surface area contributed by atoms with Crippen molar-refractivity contribution in [3.63, 3.8) is 0 Å².